The molecule has 1 fully saturated rings. The van der Waals surface area contributed by atoms with Crippen LogP contribution in [-0.2, 0) is 16.0 Å². The summed E-state index contributed by atoms with van der Waals surface area (Å²) in [6, 6.07) is 9.57. The molecule has 0 aliphatic heterocycles. The van der Waals surface area contributed by atoms with Gasteiger partial charge in [-0.25, -0.2) is 8.78 Å². The van der Waals surface area contributed by atoms with Crippen LogP contribution in [0.2, 0.25) is 5.02 Å². The summed E-state index contributed by atoms with van der Waals surface area (Å²) in [7, 11) is 0. The largest absolute Gasteiger partial charge is 0.481 e. The second kappa shape index (κ2) is 9.29. The van der Waals surface area contributed by atoms with Crippen LogP contribution in [0.4, 0.5) is 27.6 Å². The van der Waals surface area contributed by atoms with Gasteiger partial charge < -0.3 is 10.4 Å². The molecule has 1 amide bonds. The van der Waals surface area contributed by atoms with E-state index in [0.717, 1.165) is 6.92 Å². The first kappa shape index (κ1) is 25.0. The van der Waals surface area contributed by atoms with E-state index in [1.165, 1.54) is 36.4 Å². The lowest BCUT2D eigenvalue weighted by molar-refractivity contribution is -0.178. The maximum Gasteiger partial charge on any atom is 0.392 e. The van der Waals surface area contributed by atoms with Crippen molar-refractivity contribution in [1.29, 1.82) is 0 Å². The van der Waals surface area contributed by atoms with Crippen LogP contribution < -0.4 is 5.32 Å². The number of carboxylic acids is 1. The van der Waals surface area contributed by atoms with Crippen molar-refractivity contribution < 1.29 is 36.6 Å². The Kier molecular flexibility index (Phi) is 7.02. The van der Waals surface area contributed by atoms with Gasteiger partial charge in [-0.3, -0.25) is 9.59 Å². The molecule has 4 nitrogen and oxygen atoms in total. The van der Waals surface area contributed by atoms with Crippen LogP contribution in [0, 0.1) is 5.92 Å². The minimum atomic E-state index is -4.70. The van der Waals surface area contributed by atoms with Crippen LogP contribution in [0.15, 0.2) is 42.5 Å². The zero-order valence-corrected chi connectivity index (χ0v) is 18.2. The highest BCUT2D eigenvalue weighted by Gasteiger charge is 2.57. The van der Waals surface area contributed by atoms with Crippen molar-refractivity contribution >= 4 is 29.2 Å². The average molecular weight is 490 g/mol. The number of rotatable bonds is 8. The van der Waals surface area contributed by atoms with Crippen LogP contribution >= 0.6 is 11.6 Å². The molecule has 0 radical (unpaired) electrons. The number of benzene rings is 2. The summed E-state index contributed by atoms with van der Waals surface area (Å²) in [6.45, 7) is 0.873. The predicted octanol–water partition coefficient (Wildman–Crippen LogP) is 6.40. The third-order valence-corrected chi connectivity index (χ3v) is 6.07. The maximum atomic E-state index is 13.6. The fraction of sp³-hybridized carbons (Fsp3) is 0.391. The van der Waals surface area contributed by atoms with Crippen LogP contribution in [0.5, 0.6) is 0 Å². The second-order valence-corrected chi connectivity index (χ2v) is 8.60. The Morgan fingerprint density at radius 1 is 1.18 bits per heavy atom. The normalized spacial score (nSPS) is 18.9. The molecule has 3 atom stereocenters. The van der Waals surface area contributed by atoms with Crippen LogP contribution in [0.3, 0.4) is 0 Å². The highest BCUT2D eigenvalue weighted by atomic mass is 35.5. The smallest absolute Gasteiger partial charge is 0.392 e. The quantitative estimate of drug-likeness (QED) is 0.422. The topological polar surface area (TPSA) is 66.4 Å². The highest BCUT2D eigenvalue weighted by Crippen LogP contribution is 2.55. The minimum absolute atomic E-state index is 0.0307. The third kappa shape index (κ3) is 6.01. The molecule has 0 saturated heterocycles. The maximum absolute atomic E-state index is 13.6. The third-order valence-electron chi connectivity index (χ3n) is 5.74. The lowest BCUT2D eigenvalue weighted by Gasteiger charge is -2.26. The van der Waals surface area contributed by atoms with Gasteiger partial charge in [0.05, 0.1) is 28.5 Å². The summed E-state index contributed by atoms with van der Waals surface area (Å²) in [5.41, 5.74) is 0.922. The van der Waals surface area contributed by atoms with Crippen molar-refractivity contribution in [2.75, 3.05) is 5.32 Å². The number of aliphatic carboxylic acids is 1. The molecule has 33 heavy (non-hydrogen) atoms. The monoisotopic (exact) mass is 489 g/mol. The number of anilines is 1. The number of hydrogen-bond donors (Lipinski definition) is 2. The molecule has 0 heterocycles. The number of carbonyl (C=O) groups excluding carboxylic acids is 1. The van der Waals surface area contributed by atoms with Crippen LogP contribution in [0.1, 0.15) is 48.3 Å². The van der Waals surface area contributed by atoms with E-state index in [1.807, 2.05) is 0 Å². The molecule has 1 saturated carbocycles. The molecular formula is C23H21ClF5NO3. The van der Waals surface area contributed by atoms with Crippen molar-refractivity contribution in [2.24, 2.45) is 5.92 Å². The van der Waals surface area contributed by atoms with E-state index in [0.29, 0.717) is 11.1 Å². The van der Waals surface area contributed by atoms with E-state index in [1.54, 1.807) is 6.07 Å². The lowest BCUT2D eigenvalue weighted by atomic mass is 9.85. The highest BCUT2D eigenvalue weighted by molar-refractivity contribution is 6.33. The summed E-state index contributed by atoms with van der Waals surface area (Å²) in [4.78, 5) is 23.8. The Bertz CT molecular complexity index is 1040. The van der Waals surface area contributed by atoms with Crippen LogP contribution in [-0.4, -0.2) is 29.1 Å². The SMILES string of the molecule is CC(C(C(=O)Nc1cc(CCC(=O)O)ccc1Cl)c1ccc(C2CC2(F)F)cc1)C(F)(F)F. The molecule has 1 aliphatic rings. The average Bonchev–Trinajstić information content (AvgIpc) is 3.36. The number of amides is 1. The molecule has 2 aromatic carbocycles. The number of halogens is 6. The lowest BCUT2D eigenvalue weighted by Crippen LogP contribution is -2.34. The summed E-state index contributed by atoms with van der Waals surface area (Å²) < 4.78 is 67.3. The van der Waals surface area contributed by atoms with E-state index in [4.69, 9.17) is 16.7 Å². The first-order chi connectivity index (χ1) is 15.3. The van der Waals surface area contributed by atoms with E-state index in [9.17, 15) is 31.5 Å². The van der Waals surface area contributed by atoms with Gasteiger partial charge in [0.1, 0.15) is 0 Å². The molecule has 0 bridgehead atoms. The van der Waals surface area contributed by atoms with Gasteiger partial charge in [-0.15, -0.1) is 0 Å². The van der Waals surface area contributed by atoms with E-state index in [-0.39, 0.29) is 35.5 Å². The van der Waals surface area contributed by atoms with Gasteiger partial charge in [-0.1, -0.05) is 48.9 Å². The first-order valence-corrected chi connectivity index (χ1v) is 10.5. The molecule has 3 rings (SSSR count). The van der Waals surface area contributed by atoms with Crippen molar-refractivity contribution in [3.63, 3.8) is 0 Å². The number of carbonyl (C=O) groups is 2. The van der Waals surface area contributed by atoms with Gasteiger partial charge in [0.15, 0.2) is 0 Å². The Balaban J connectivity index is 1.86. The molecular weight excluding hydrogens is 469 g/mol. The number of aryl methyl sites for hydroxylation is 1. The summed E-state index contributed by atoms with van der Waals surface area (Å²) >= 11 is 6.09. The Morgan fingerprint density at radius 2 is 1.79 bits per heavy atom. The fourth-order valence-corrected chi connectivity index (χ4v) is 3.82. The predicted molar refractivity (Wildman–Crippen MR) is 113 cm³/mol. The Morgan fingerprint density at radius 3 is 2.30 bits per heavy atom. The van der Waals surface area contributed by atoms with Crippen molar-refractivity contribution in [1.82, 2.24) is 0 Å². The standard InChI is InChI=1S/C23H21ClF5NO3/c1-12(23(27,28)29)20(15-6-4-14(5-7-15)16-11-22(16,25)26)21(33)30-18-10-13(2-8-17(18)24)3-9-19(31)32/h2,4-8,10,12,16,20H,3,9,11H2,1H3,(H,30,33)(H,31,32). The molecule has 10 heteroatoms. The molecule has 2 N–H and O–H groups in total. The van der Waals surface area contributed by atoms with Gasteiger partial charge in [0.25, 0.3) is 5.92 Å². The fourth-order valence-electron chi connectivity index (χ4n) is 3.65. The van der Waals surface area contributed by atoms with Gasteiger partial charge in [0, 0.05) is 12.8 Å². The van der Waals surface area contributed by atoms with E-state index < -0.39 is 41.7 Å². The van der Waals surface area contributed by atoms with Crippen molar-refractivity contribution in [2.45, 2.75) is 50.1 Å². The number of nitrogens with one attached hydrogen (secondary N) is 1. The number of hydrogen-bond acceptors (Lipinski definition) is 2. The van der Waals surface area contributed by atoms with Crippen LogP contribution in [0.25, 0.3) is 0 Å². The van der Waals surface area contributed by atoms with Gasteiger partial charge in [-0.05, 0) is 35.2 Å². The van der Waals surface area contributed by atoms with Gasteiger partial charge in [-0.2, -0.15) is 13.2 Å². The van der Waals surface area contributed by atoms with Gasteiger partial charge >= 0.3 is 12.1 Å². The van der Waals surface area contributed by atoms with E-state index >= 15 is 0 Å². The zero-order chi connectivity index (χ0) is 24.6. The summed E-state index contributed by atoms with van der Waals surface area (Å²) in [5, 5.41) is 11.3. The van der Waals surface area contributed by atoms with Gasteiger partial charge in [0.2, 0.25) is 5.91 Å². The summed E-state index contributed by atoms with van der Waals surface area (Å²) in [5.74, 6) is -9.51. The number of alkyl halides is 5. The van der Waals surface area contributed by atoms with E-state index in [2.05, 4.69) is 5.32 Å². The minimum Gasteiger partial charge on any atom is -0.481 e. The first-order valence-electron chi connectivity index (χ1n) is 10.1. The van der Waals surface area contributed by atoms with Crippen molar-refractivity contribution in [3.05, 3.63) is 64.2 Å². The Hall–Kier alpha value is -2.68. The summed E-state index contributed by atoms with van der Waals surface area (Å²) in [6.07, 6.45) is -5.04. The zero-order valence-electron chi connectivity index (χ0n) is 17.4. The molecule has 1 aliphatic carbocycles. The van der Waals surface area contributed by atoms with Crippen molar-refractivity contribution in [3.8, 4) is 0 Å². The molecule has 0 spiro atoms. The molecule has 2 aromatic rings. The molecule has 0 aromatic heterocycles. The number of carboxylic acid groups (broad SMARTS) is 1. The second-order valence-electron chi connectivity index (χ2n) is 8.19. The Labute approximate surface area is 191 Å². The molecule has 3 unspecified atom stereocenters. The molecule has 178 valence electrons.